The van der Waals surface area contributed by atoms with Crippen LogP contribution in [0.4, 0.5) is 5.69 Å². The second-order valence-corrected chi connectivity index (χ2v) is 6.78. The van der Waals surface area contributed by atoms with Crippen LogP contribution in [0.2, 0.25) is 0 Å². The average molecular weight is 298 g/mol. The number of anilines is 1. The fourth-order valence-corrected chi connectivity index (χ4v) is 3.93. The maximum absolute atomic E-state index is 12.7. The Morgan fingerprint density at radius 2 is 1.95 bits per heavy atom. The molecule has 1 N–H and O–H groups in total. The minimum atomic E-state index is -3.42. The summed E-state index contributed by atoms with van der Waals surface area (Å²) in [5, 5.41) is 3.17. The highest BCUT2D eigenvalue weighted by atomic mass is 32.2. The number of fused-ring (bicyclic) bond motifs is 1. The molecule has 0 aliphatic carbocycles. The molecule has 112 valence electrons. The van der Waals surface area contributed by atoms with Crippen molar-refractivity contribution in [2.24, 2.45) is 0 Å². The third kappa shape index (κ3) is 3.07. The van der Waals surface area contributed by atoms with Crippen molar-refractivity contribution in [3.63, 3.8) is 0 Å². The number of rotatable bonds is 6. The minimum Gasteiger partial charge on any atom is -0.490 e. The zero-order valence-electron chi connectivity index (χ0n) is 12.1. The zero-order valence-corrected chi connectivity index (χ0v) is 12.9. The highest BCUT2D eigenvalue weighted by Crippen LogP contribution is 2.30. The van der Waals surface area contributed by atoms with Crippen LogP contribution in [-0.4, -0.2) is 39.0 Å². The van der Waals surface area contributed by atoms with Crippen LogP contribution in [0.1, 0.15) is 26.7 Å². The van der Waals surface area contributed by atoms with Crippen molar-refractivity contribution in [3.8, 4) is 5.75 Å². The third-order valence-electron chi connectivity index (χ3n) is 3.21. The molecule has 1 aliphatic rings. The lowest BCUT2D eigenvalue weighted by Crippen LogP contribution is -2.32. The second kappa shape index (κ2) is 6.45. The van der Waals surface area contributed by atoms with Crippen LogP contribution < -0.4 is 10.1 Å². The Balaban J connectivity index is 2.32. The lowest BCUT2D eigenvalue weighted by atomic mass is 10.2. The number of benzene rings is 1. The zero-order chi connectivity index (χ0) is 14.6. The van der Waals surface area contributed by atoms with Crippen LogP contribution in [0.3, 0.4) is 0 Å². The molecule has 0 amide bonds. The summed E-state index contributed by atoms with van der Waals surface area (Å²) in [6.45, 7) is 6.39. The van der Waals surface area contributed by atoms with Crippen LogP contribution in [0.25, 0.3) is 0 Å². The van der Waals surface area contributed by atoms with Gasteiger partial charge in [0.05, 0.1) is 10.6 Å². The molecule has 0 atom stereocenters. The summed E-state index contributed by atoms with van der Waals surface area (Å²) < 4.78 is 32.3. The van der Waals surface area contributed by atoms with E-state index in [1.54, 1.807) is 22.5 Å². The first-order valence-corrected chi connectivity index (χ1v) is 8.54. The maximum atomic E-state index is 12.7. The van der Waals surface area contributed by atoms with Gasteiger partial charge in [0, 0.05) is 19.6 Å². The van der Waals surface area contributed by atoms with E-state index in [4.69, 9.17) is 4.74 Å². The molecule has 6 heteroatoms. The van der Waals surface area contributed by atoms with Gasteiger partial charge in [0.2, 0.25) is 10.0 Å². The highest BCUT2D eigenvalue weighted by Gasteiger charge is 2.24. The van der Waals surface area contributed by atoms with Gasteiger partial charge in [0.1, 0.15) is 12.4 Å². The predicted molar refractivity (Wildman–Crippen MR) is 79.8 cm³/mol. The highest BCUT2D eigenvalue weighted by molar-refractivity contribution is 7.89. The van der Waals surface area contributed by atoms with Crippen molar-refractivity contribution in [1.82, 2.24) is 4.31 Å². The molecule has 0 radical (unpaired) electrons. The van der Waals surface area contributed by atoms with Gasteiger partial charge in [-0.2, -0.15) is 4.31 Å². The molecule has 2 rings (SSSR count). The first-order chi connectivity index (χ1) is 9.59. The maximum Gasteiger partial charge on any atom is 0.243 e. The minimum absolute atomic E-state index is 0.330. The summed E-state index contributed by atoms with van der Waals surface area (Å²) in [5.74, 6) is 0.715. The fourth-order valence-electron chi connectivity index (χ4n) is 2.28. The molecule has 0 unspecified atom stereocenters. The summed E-state index contributed by atoms with van der Waals surface area (Å²) in [6, 6.07) is 5.02. The molecule has 5 nitrogen and oxygen atoms in total. The second-order valence-electron chi connectivity index (χ2n) is 4.84. The standard InChI is InChI=1S/C14H22N2O3S/c1-3-8-16(9-4-2)20(17,18)12-5-6-14-13(11-12)15-7-10-19-14/h5-6,11,15H,3-4,7-10H2,1-2H3. The van der Waals surface area contributed by atoms with Gasteiger partial charge in [0.15, 0.2) is 0 Å². The molecule has 0 saturated carbocycles. The number of sulfonamides is 1. The van der Waals surface area contributed by atoms with Gasteiger partial charge in [0.25, 0.3) is 0 Å². The SMILES string of the molecule is CCCN(CCC)S(=O)(=O)c1ccc2c(c1)NCCO2. The van der Waals surface area contributed by atoms with E-state index in [0.29, 0.717) is 36.9 Å². The Morgan fingerprint density at radius 3 is 2.60 bits per heavy atom. The Hall–Kier alpha value is -1.27. The first kappa shape index (κ1) is 15.1. The molecule has 1 aromatic carbocycles. The van der Waals surface area contributed by atoms with Crippen LogP contribution in [-0.2, 0) is 10.0 Å². The normalized spacial score (nSPS) is 14.6. The Morgan fingerprint density at radius 1 is 1.25 bits per heavy atom. The number of hydrogen-bond acceptors (Lipinski definition) is 4. The van der Waals surface area contributed by atoms with E-state index in [1.807, 2.05) is 13.8 Å². The van der Waals surface area contributed by atoms with Gasteiger partial charge in [-0.3, -0.25) is 0 Å². The van der Waals surface area contributed by atoms with E-state index in [2.05, 4.69) is 5.32 Å². The van der Waals surface area contributed by atoms with Crippen molar-refractivity contribution in [1.29, 1.82) is 0 Å². The lowest BCUT2D eigenvalue weighted by molar-refractivity contribution is 0.323. The van der Waals surface area contributed by atoms with Crippen LogP contribution in [0.15, 0.2) is 23.1 Å². The number of nitrogens with zero attached hydrogens (tertiary/aromatic N) is 1. The summed E-state index contributed by atoms with van der Waals surface area (Å²) in [4.78, 5) is 0.330. The molecule has 0 aromatic heterocycles. The molecule has 20 heavy (non-hydrogen) atoms. The average Bonchev–Trinajstić information content (AvgIpc) is 2.46. The quantitative estimate of drug-likeness (QED) is 0.875. The largest absolute Gasteiger partial charge is 0.490 e. The topological polar surface area (TPSA) is 58.6 Å². The van der Waals surface area contributed by atoms with E-state index >= 15 is 0 Å². The van der Waals surface area contributed by atoms with Crippen LogP contribution in [0.5, 0.6) is 5.75 Å². The molecular formula is C14H22N2O3S. The molecular weight excluding hydrogens is 276 g/mol. The van der Waals surface area contributed by atoms with Crippen molar-refractivity contribution in [2.45, 2.75) is 31.6 Å². The first-order valence-electron chi connectivity index (χ1n) is 7.10. The summed E-state index contributed by atoms with van der Waals surface area (Å²) in [5.41, 5.74) is 0.755. The van der Waals surface area contributed by atoms with Gasteiger partial charge in [-0.25, -0.2) is 8.42 Å². The lowest BCUT2D eigenvalue weighted by Gasteiger charge is -2.23. The summed E-state index contributed by atoms with van der Waals surface area (Å²) in [7, 11) is -3.42. The fraction of sp³-hybridized carbons (Fsp3) is 0.571. The smallest absolute Gasteiger partial charge is 0.243 e. The Labute approximate surface area is 121 Å². The number of ether oxygens (including phenoxy) is 1. The van der Waals surface area contributed by atoms with Crippen molar-refractivity contribution in [2.75, 3.05) is 31.6 Å². The molecule has 1 heterocycles. The van der Waals surface area contributed by atoms with Gasteiger partial charge in [-0.05, 0) is 31.0 Å². The predicted octanol–water partition coefficient (Wildman–Crippen LogP) is 2.30. The van der Waals surface area contributed by atoms with Gasteiger partial charge < -0.3 is 10.1 Å². The van der Waals surface area contributed by atoms with Crippen LogP contribution in [0, 0.1) is 0 Å². The van der Waals surface area contributed by atoms with Gasteiger partial charge in [-0.15, -0.1) is 0 Å². The molecule has 0 fully saturated rings. The molecule has 1 aliphatic heterocycles. The third-order valence-corrected chi connectivity index (χ3v) is 5.10. The van der Waals surface area contributed by atoms with E-state index in [1.165, 1.54) is 0 Å². The van der Waals surface area contributed by atoms with E-state index in [9.17, 15) is 8.42 Å². The molecule has 0 saturated heterocycles. The summed E-state index contributed by atoms with van der Waals surface area (Å²) >= 11 is 0. The Kier molecular flexibility index (Phi) is 4.88. The van der Waals surface area contributed by atoms with Crippen molar-refractivity contribution >= 4 is 15.7 Å². The number of hydrogen-bond donors (Lipinski definition) is 1. The van der Waals surface area contributed by atoms with E-state index in [-0.39, 0.29) is 0 Å². The Bertz CT molecular complexity index is 552. The van der Waals surface area contributed by atoms with Gasteiger partial charge in [-0.1, -0.05) is 13.8 Å². The molecule has 1 aromatic rings. The number of nitrogens with one attached hydrogen (secondary N) is 1. The monoisotopic (exact) mass is 298 g/mol. The van der Waals surface area contributed by atoms with Gasteiger partial charge >= 0.3 is 0 Å². The van der Waals surface area contributed by atoms with Crippen LogP contribution >= 0.6 is 0 Å². The molecule has 0 bridgehead atoms. The summed E-state index contributed by atoms with van der Waals surface area (Å²) in [6.07, 6.45) is 1.62. The molecule has 0 spiro atoms. The van der Waals surface area contributed by atoms with E-state index < -0.39 is 10.0 Å². The van der Waals surface area contributed by atoms with Crippen molar-refractivity contribution < 1.29 is 13.2 Å². The van der Waals surface area contributed by atoms with Crippen molar-refractivity contribution in [3.05, 3.63) is 18.2 Å². The van der Waals surface area contributed by atoms with E-state index in [0.717, 1.165) is 18.5 Å².